The van der Waals surface area contributed by atoms with Crippen molar-refractivity contribution in [3.05, 3.63) is 11.6 Å². The van der Waals surface area contributed by atoms with E-state index in [0.717, 1.165) is 18.2 Å². The number of rotatable bonds is 8. The van der Waals surface area contributed by atoms with Crippen molar-refractivity contribution in [1.82, 2.24) is 10.2 Å². The number of allylic oxidation sites excluding steroid dienone is 1. The molecule has 2 aliphatic rings. The first-order valence-electron chi connectivity index (χ1n) is 10.0. The van der Waals surface area contributed by atoms with Crippen LogP contribution in [-0.2, 0) is 18.6 Å². The van der Waals surface area contributed by atoms with Gasteiger partial charge >= 0.3 is 7.82 Å². The maximum atomic E-state index is 13.0. The molecule has 0 saturated carbocycles. The van der Waals surface area contributed by atoms with Gasteiger partial charge in [0.15, 0.2) is 0 Å². The molecule has 180 valence electrons. The third-order valence-electron chi connectivity index (χ3n) is 5.47. The highest BCUT2D eigenvalue weighted by Gasteiger charge is 2.51. The molecule has 1 amide bonds. The molecule has 2 aliphatic heterocycles. The van der Waals surface area contributed by atoms with Gasteiger partial charge in [0.05, 0.1) is 17.5 Å². The van der Waals surface area contributed by atoms with E-state index < -0.39 is 55.1 Å². The van der Waals surface area contributed by atoms with Crippen LogP contribution in [0.5, 0.6) is 0 Å². The Morgan fingerprint density at radius 1 is 1.45 bits per heavy atom. The maximum Gasteiger partial charge on any atom is 0.470 e. The zero-order valence-electron chi connectivity index (χ0n) is 17.9. The number of likely N-dealkylation sites (N-methyl/N-ethyl adjacent to an activating group) is 1. The van der Waals surface area contributed by atoms with Crippen molar-refractivity contribution in [2.45, 2.75) is 74.0 Å². The Balaban J connectivity index is 2.18. The molecular formula is C18H32ClN2O8PS. The summed E-state index contributed by atoms with van der Waals surface area (Å²) in [6.45, 7) is 4.34. The summed E-state index contributed by atoms with van der Waals surface area (Å²) in [7, 11) is -3.09. The van der Waals surface area contributed by atoms with Crippen LogP contribution in [0.15, 0.2) is 11.6 Å². The molecule has 2 heterocycles. The van der Waals surface area contributed by atoms with Gasteiger partial charge in [0, 0.05) is 6.54 Å². The molecule has 5 N–H and O–H groups in total. The number of hydrogen-bond donors (Lipinski definition) is 5. The van der Waals surface area contributed by atoms with Gasteiger partial charge in [-0.2, -0.15) is 0 Å². The summed E-state index contributed by atoms with van der Waals surface area (Å²) in [5, 5.41) is 23.3. The fourth-order valence-corrected chi connectivity index (χ4v) is 5.53. The second-order valence-corrected chi connectivity index (χ2v) is 10.7. The molecule has 31 heavy (non-hydrogen) atoms. The molecule has 0 spiro atoms. The van der Waals surface area contributed by atoms with Crippen molar-refractivity contribution >= 4 is 37.1 Å². The lowest BCUT2D eigenvalue weighted by Crippen LogP contribution is -2.65. The number of ether oxygens (including phenoxy) is 1. The molecule has 0 aromatic carbocycles. The number of nitrogens with one attached hydrogen (secondary N) is 1. The predicted molar refractivity (Wildman–Crippen MR) is 118 cm³/mol. The van der Waals surface area contributed by atoms with E-state index in [1.165, 1.54) is 5.57 Å². The number of phosphoric ester groups is 1. The molecule has 0 aromatic heterocycles. The van der Waals surface area contributed by atoms with E-state index in [9.17, 15) is 19.6 Å². The number of aliphatic hydroxyl groups is 2. The summed E-state index contributed by atoms with van der Waals surface area (Å²) in [5.41, 5.74) is 0.170. The number of carbonyl (C=O) groups is 1. The molecule has 2 fully saturated rings. The average molecular weight is 503 g/mol. The number of halogens is 1. The second kappa shape index (κ2) is 11.3. The number of thioether (sulfide) groups is 1. The molecule has 10 nitrogen and oxygen atoms in total. The first kappa shape index (κ1) is 27.0. The standard InChI is InChI=1S/C18H32ClN2O8PS/c1-5-6-10-7-11(21(3)8-10)17(24)20-12(9(2)19)15-13(22)14(23)16(18(28-15)31-4)29-30(25,26)27/h6,9,11-16,18,22-23H,5,7-8H2,1-4H3,(H,20,24)(H2,25,26,27)/t9-,11-,12+,13+,14-,15+,16+,18+/m0/s1. The van der Waals surface area contributed by atoms with E-state index in [1.807, 2.05) is 18.9 Å². The Hall–Kier alpha value is -0.200. The van der Waals surface area contributed by atoms with E-state index in [0.29, 0.717) is 13.0 Å². The summed E-state index contributed by atoms with van der Waals surface area (Å²) in [6, 6.07) is -1.26. The quantitative estimate of drug-likeness (QED) is 0.180. The lowest BCUT2D eigenvalue weighted by Gasteiger charge is -2.45. The van der Waals surface area contributed by atoms with Gasteiger partial charge in [-0.15, -0.1) is 23.4 Å². The van der Waals surface area contributed by atoms with Gasteiger partial charge in [0.25, 0.3) is 0 Å². The van der Waals surface area contributed by atoms with Gasteiger partial charge in [-0.1, -0.05) is 18.6 Å². The van der Waals surface area contributed by atoms with E-state index in [-0.39, 0.29) is 5.91 Å². The smallest absolute Gasteiger partial charge is 0.388 e. The lowest BCUT2D eigenvalue weighted by molar-refractivity contribution is -0.201. The van der Waals surface area contributed by atoms with E-state index in [1.54, 1.807) is 13.2 Å². The monoisotopic (exact) mass is 502 g/mol. The minimum absolute atomic E-state index is 0.279. The Labute approximate surface area is 191 Å². The summed E-state index contributed by atoms with van der Waals surface area (Å²) in [6.07, 6.45) is -0.663. The number of aliphatic hydroxyl groups excluding tert-OH is 2. The van der Waals surface area contributed by atoms with Crippen molar-refractivity contribution in [1.29, 1.82) is 0 Å². The molecule has 0 aliphatic carbocycles. The van der Waals surface area contributed by atoms with Crippen molar-refractivity contribution in [2.75, 3.05) is 19.8 Å². The average Bonchev–Trinajstić information content (AvgIpc) is 3.03. The van der Waals surface area contributed by atoms with Crippen molar-refractivity contribution in [3.8, 4) is 0 Å². The number of alkyl halides is 1. The number of nitrogens with zero attached hydrogens (tertiary/aromatic N) is 1. The van der Waals surface area contributed by atoms with Crippen LogP contribution < -0.4 is 5.32 Å². The molecule has 2 rings (SSSR count). The number of phosphoric acid groups is 1. The zero-order valence-corrected chi connectivity index (χ0v) is 20.4. The number of carbonyl (C=O) groups excluding carboxylic acids is 1. The minimum atomic E-state index is -4.94. The van der Waals surface area contributed by atoms with Crippen molar-refractivity contribution in [2.24, 2.45) is 0 Å². The van der Waals surface area contributed by atoms with Crippen LogP contribution in [0.4, 0.5) is 0 Å². The molecule has 0 radical (unpaired) electrons. The third kappa shape index (κ3) is 6.89. The van der Waals surface area contributed by atoms with Gasteiger partial charge in [-0.05, 0) is 33.1 Å². The van der Waals surface area contributed by atoms with Gasteiger partial charge in [-0.3, -0.25) is 14.2 Å². The third-order valence-corrected chi connectivity index (χ3v) is 7.10. The first-order valence-corrected chi connectivity index (χ1v) is 13.3. The largest absolute Gasteiger partial charge is 0.470 e. The summed E-state index contributed by atoms with van der Waals surface area (Å²) < 4.78 is 21.7. The highest BCUT2D eigenvalue weighted by atomic mass is 35.5. The van der Waals surface area contributed by atoms with Crippen LogP contribution in [0.3, 0.4) is 0 Å². The summed E-state index contributed by atoms with van der Waals surface area (Å²) in [4.78, 5) is 33.1. The minimum Gasteiger partial charge on any atom is -0.388 e. The van der Waals surface area contributed by atoms with E-state index >= 15 is 0 Å². The van der Waals surface area contributed by atoms with Crippen LogP contribution in [0, 0.1) is 0 Å². The van der Waals surface area contributed by atoms with E-state index in [4.69, 9.17) is 26.1 Å². The molecular weight excluding hydrogens is 471 g/mol. The highest BCUT2D eigenvalue weighted by molar-refractivity contribution is 7.99. The SMILES string of the molecule is CCC=C1C[C@@H](C(=O)N[C@@H]([C@H]2O[C@H](SC)[C@H](OP(=O)(O)O)[C@@H](O)[C@H]2O)[C@H](C)Cl)N(C)C1. The Morgan fingerprint density at radius 2 is 2.10 bits per heavy atom. The van der Waals surface area contributed by atoms with E-state index in [2.05, 4.69) is 15.9 Å². The van der Waals surface area contributed by atoms with Crippen molar-refractivity contribution in [3.63, 3.8) is 0 Å². The molecule has 8 atom stereocenters. The van der Waals surface area contributed by atoms with Gasteiger partial charge in [0.2, 0.25) is 5.91 Å². The second-order valence-electron chi connectivity index (χ2n) is 7.86. The van der Waals surface area contributed by atoms with Crippen LogP contribution in [0.1, 0.15) is 26.7 Å². The number of amides is 1. The van der Waals surface area contributed by atoms with Gasteiger partial charge in [-0.25, -0.2) is 4.57 Å². The molecule has 0 bridgehead atoms. The molecule has 2 saturated heterocycles. The van der Waals surface area contributed by atoms with Gasteiger partial charge < -0.3 is 30.1 Å². The topological polar surface area (TPSA) is 149 Å². The van der Waals surface area contributed by atoms with Crippen LogP contribution in [-0.4, -0.2) is 98.0 Å². The predicted octanol–water partition coefficient (Wildman–Crippen LogP) is 0.427. The number of likely N-dealkylation sites (tertiary alicyclic amines) is 1. The lowest BCUT2D eigenvalue weighted by atomic mass is 9.93. The van der Waals surface area contributed by atoms with Crippen LogP contribution in [0.25, 0.3) is 0 Å². The molecule has 0 unspecified atom stereocenters. The summed E-state index contributed by atoms with van der Waals surface area (Å²) in [5.74, 6) is -0.279. The normalized spacial score (nSPS) is 35.8. The van der Waals surface area contributed by atoms with Crippen LogP contribution in [0.2, 0.25) is 0 Å². The molecule has 13 heteroatoms. The summed E-state index contributed by atoms with van der Waals surface area (Å²) >= 11 is 7.36. The molecule has 0 aromatic rings. The number of hydrogen-bond acceptors (Lipinski definition) is 8. The van der Waals surface area contributed by atoms with Crippen molar-refractivity contribution < 1.29 is 38.6 Å². The fourth-order valence-electron chi connectivity index (χ4n) is 3.97. The zero-order chi connectivity index (χ0) is 23.5. The first-order chi connectivity index (χ1) is 14.4. The highest BCUT2D eigenvalue weighted by Crippen LogP contribution is 2.43. The Bertz CT molecular complexity index is 706. The van der Waals surface area contributed by atoms with Crippen LogP contribution >= 0.6 is 31.2 Å². The maximum absolute atomic E-state index is 13.0. The van der Waals surface area contributed by atoms with Gasteiger partial charge in [0.1, 0.15) is 29.9 Å². The Morgan fingerprint density at radius 3 is 2.61 bits per heavy atom. The fraction of sp³-hybridized carbons (Fsp3) is 0.833. The Kier molecular flexibility index (Phi) is 9.85.